The van der Waals surface area contributed by atoms with Crippen LogP contribution in [0.25, 0.3) is 11.1 Å². The molecule has 2 unspecified atom stereocenters. The molecule has 0 bridgehead atoms. The maximum atomic E-state index is 15.0. The molecule has 0 radical (unpaired) electrons. The van der Waals surface area contributed by atoms with Gasteiger partial charge in [0.1, 0.15) is 23.7 Å². The van der Waals surface area contributed by atoms with Gasteiger partial charge >= 0.3 is 24.1 Å². The highest BCUT2D eigenvalue weighted by Crippen LogP contribution is 2.41. The van der Waals surface area contributed by atoms with Crippen LogP contribution in [0.4, 0.5) is 22.0 Å². The normalized spacial score (nSPS) is 13.7. The Balaban J connectivity index is 0.00000191. The summed E-state index contributed by atoms with van der Waals surface area (Å²) >= 11 is 0.791. The van der Waals surface area contributed by atoms with E-state index in [1.54, 1.807) is 17.2 Å². The Labute approximate surface area is 375 Å². The molecule has 358 valence electrons. The Morgan fingerprint density at radius 2 is 1.43 bits per heavy atom. The molecule has 0 aliphatic heterocycles. The summed E-state index contributed by atoms with van der Waals surface area (Å²) in [6.07, 6.45) is -3.91. The van der Waals surface area contributed by atoms with Crippen molar-refractivity contribution in [1.29, 1.82) is 0 Å². The van der Waals surface area contributed by atoms with E-state index in [1.165, 1.54) is 13.8 Å². The maximum Gasteiger partial charge on any atom is 0.490 e. The number of aromatic nitrogens is 1. The van der Waals surface area contributed by atoms with Crippen LogP contribution >= 0.6 is 11.8 Å². The molecule has 3 rings (SSSR count). The van der Waals surface area contributed by atoms with Crippen LogP contribution in [0.15, 0.2) is 60.8 Å². The minimum atomic E-state index is -5.08. The fraction of sp³-hybridized carbons (Fsp3) is 0.452. The summed E-state index contributed by atoms with van der Waals surface area (Å²) in [7, 11) is 0. The van der Waals surface area contributed by atoms with E-state index in [1.807, 2.05) is 55.7 Å². The number of carboxylic acid groups (broad SMARTS) is 3. The summed E-state index contributed by atoms with van der Waals surface area (Å²) in [5.74, 6) is -8.95. The molecule has 23 heteroatoms. The van der Waals surface area contributed by atoms with Crippen molar-refractivity contribution in [3.05, 3.63) is 83.7 Å². The van der Waals surface area contributed by atoms with Gasteiger partial charge in [-0.2, -0.15) is 13.2 Å². The summed E-state index contributed by atoms with van der Waals surface area (Å²) in [5.41, 5.74) is 13.2. The average Bonchev–Trinajstić information content (AvgIpc) is 3.61. The van der Waals surface area contributed by atoms with Crippen molar-refractivity contribution in [3.63, 3.8) is 0 Å². The Morgan fingerprint density at radius 1 is 0.846 bits per heavy atom. The van der Waals surface area contributed by atoms with Gasteiger partial charge in [0, 0.05) is 61.9 Å². The van der Waals surface area contributed by atoms with Gasteiger partial charge < -0.3 is 52.2 Å². The largest absolute Gasteiger partial charge is 0.490 e. The fourth-order valence-corrected chi connectivity index (χ4v) is 7.27. The van der Waals surface area contributed by atoms with E-state index in [4.69, 9.17) is 31.6 Å². The molecule has 0 aliphatic rings. The third-order valence-corrected chi connectivity index (χ3v) is 10.7. The van der Waals surface area contributed by atoms with Crippen LogP contribution < -0.4 is 27.4 Å². The quantitative estimate of drug-likeness (QED) is 0.0562. The lowest BCUT2D eigenvalue weighted by Gasteiger charge is -2.41. The third kappa shape index (κ3) is 18.1. The molecule has 0 saturated carbocycles. The predicted molar refractivity (Wildman–Crippen MR) is 229 cm³/mol. The minimum absolute atomic E-state index is 0.00995. The standard InChI is InChI=1S/C40H53F2N7O8S.C2HF3O2/c1-23(36(53)45-14-15-46-38(55)33(19-34(51)52)58-22-31(44)39(56)57)47-37(54)30(43)13-16-49(24(2)50)35(40(3,4)5)32-17-26(28-18-27(41)11-12-29(28)42)21-48(32)20-25-9-7-6-8-10-25;3-2(4,5)1(6)7/h6-12,17-18,21,23,30-31,33,35H,13-16,19-20,22,43-44H2,1-5H3,(H,45,53)(H,46,55)(H,47,54)(H,51,52)(H,56,57);(H,6,7)/t23?,30-,31-,33?,35-;/m0./s1. The SMILES string of the molecule is CC(=O)N(CC[C@H](N)C(=O)NC(C)C(=O)NCCNC(=O)C(CC(=O)O)SC[C@H](N)C(=O)O)[C@@H](c1cc(-c2cc(F)ccc2F)cn1Cc1ccccc1)C(C)(C)C.O=C(O)C(F)(F)F. The molecule has 10 N–H and O–H groups in total. The van der Waals surface area contributed by atoms with Gasteiger partial charge in [0.15, 0.2) is 0 Å². The number of carbonyl (C=O) groups excluding carboxylic acids is 4. The van der Waals surface area contributed by atoms with Crippen LogP contribution in [0.2, 0.25) is 0 Å². The Morgan fingerprint density at radius 3 is 1.95 bits per heavy atom. The number of rotatable bonds is 21. The first kappa shape index (κ1) is 55.1. The number of alkyl halides is 3. The van der Waals surface area contributed by atoms with E-state index in [0.29, 0.717) is 17.8 Å². The van der Waals surface area contributed by atoms with Crippen molar-refractivity contribution < 1.29 is 70.8 Å². The molecule has 17 nitrogen and oxygen atoms in total. The van der Waals surface area contributed by atoms with Crippen molar-refractivity contribution in [2.45, 2.75) is 89.6 Å². The number of hydrogen-bond acceptors (Lipinski definition) is 10. The molecule has 65 heavy (non-hydrogen) atoms. The number of aliphatic carboxylic acids is 3. The molecule has 1 aromatic heterocycles. The zero-order chi connectivity index (χ0) is 49.4. The Kier molecular flexibility index (Phi) is 21.0. The molecule has 5 atom stereocenters. The van der Waals surface area contributed by atoms with Gasteiger partial charge in [0.05, 0.1) is 23.8 Å². The van der Waals surface area contributed by atoms with E-state index in [-0.39, 0.29) is 43.3 Å². The van der Waals surface area contributed by atoms with E-state index >= 15 is 4.39 Å². The molecule has 0 aliphatic carbocycles. The minimum Gasteiger partial charge on any atom is -0.481 e. The zero-order valence-electron chi connectivity index (χ0n) is 36.2. The van der Waals surface area contributed by atoms with E-state index in [2.05, 4.69) is 16.0 Å². The van der Waals surface area contributed by atoms with E-state index in [9.17, 15) is 46.3 Å². The van der Waals surface area contributed by atoms with Crippen molar-refractivity contribution in [1.82, 2.24) is 25.4 Å². The second kappa shape index (κ2) is 24.8. The lowest BCUT2D eigenvalue weighted by atomic mass is 9.82. The third-order valence-electron chi connectivity index (χ3n) is 9.36. The number of nitrogens with two attached hydrogens (primary N) is 2. The van der Waals surface area contributed by atoms with Crippen LogP contribution in [0, 0.1) is 17.0 Å². The first-order valence-electron chi connectivity index (χ1n) is 19.8. The molecule has 2 aromatic carbocycles. The first-order valence-corrected chi connectivity index (χ1v) is 20.9. The number of benzene rings is 2. The van der Waals surface area contributed by atoms with Gasteiger partial charge in [-0.3, -0.25) is 28.8 Å². The van der Waals surface area contributed by atoms with Crippen LogP contribution in [0.3, 0.4) is 0 Å². The average molecular weight is 944 g/mol. The maximum absolute atomic E-state index is 15.0. The van der Waals surface area contributed by atoms with E-state index in [0.717, 1.165) is 35.5 Å². The van der Waals surface area contributed by atoms with Gasteiger partial charge in [0.2, 0.25) is 23.6 Å². The number of nitrogens with zero attached hydrogens (tertiary/aromatic N) is 2. The molecule has 4 amide bonds. The molecular weight excluding hydrogens is 890 g/mol. The predicted octanol–water partition coefficient (Wildman–Crippen LogP) is 3.49. The first-order chi connectivity index (χ1) is 30.1. The highest BCUT2D eigenvalue weighted by atomic mass is 32.2. The summed E-state index contributed by atoms with van der Waals surface area (Å²) in [4.78, 5) is 84.5. The topological polar surface area (TPSA) is 276 Å². The van der Waals surface area contributed by atoms with Crippen LogP contribution in [0.5, 0.6) is 0 Å². The molecule has 3 aromatic rings. The number of carbonyl (C=O) groups is 7. The Bertz CT molecular complexity index is 2140. The smallest absolute Gasteiger partial charge is 0.481 e. The van der Waals surface area contributed by atoms with Gasteiger partial charge in [-0.05, 0) is 48.6 Å². The highest BCUT2D eigenvalue weighted by molar-refractivity contribution is 8.00. The highest BCUT2D eigenvalue weighted by Gasteiger charge is 2.39. The van der Waals surface area contributed by atoms with Gasteiger partial charge in [0.25, 0.3) is 0 Å². The Hall–Kier alpha value is -6.07. The van der Waals surface area contributed by atoms with Crippen molar-refractivity contribution in [3.8, 4) is 11.1 Å². The second-order valence-electron chi connectivity index (χ2n) is 15.7. The van der Waals surface area contributed by atoms with Crippen molar-refractivity contribution in [2.75, 3.05) is 25.4 Å². The van der Waals surface area contributed by atoms with Crippen LogP contribution in [0.1, 0.15) is 64.8 Å². The van der Waals surface area contributed by atoms with Gasteiger partial charge in [-0.15, -0.1) is 11.8 Å². The number of hydrogen-bond donors (Lipinski definition) is 8. The lowest BCUT2D eigenvalue weighted by molar-refractivity contribution is -0.192. The summed E-state index contributed by atoms with van der Waals surface area (Å²) in [6.45, 7) is 8.91. The zero-order valence-corrected chi connectivity index (χ0v) is 37.0. The van der Waals surface area contributed by atoms with Crippen LogP contribution in [-0.2, 0) is 40.1 Å². The summed E-state index contributed by atoms with van der Waals surface area (Å²) < 4.78 is 63.0. The molecule has 0 saturated heterocycles. The van der Waals surface area contributed by atoms with Gasteiger partial charge in [-0.25, -0.2) is 13.6 Å². The number of amides is 4. The second-order valence-corrected chi connectivity index (χ2v) is 17.0. The molecule has 0 fully saturated rings. The van der Waals surface area contributed by atoms with Crippen LogP contribution in [-0.4, -0.2) is 121 Å². The summed E-state index contributed by atoms with van der Waals surface area (Å²) in [6, 6.07) is 10.4. The number of thioether (sulfide) groups is 1. The molecular formula is C42H54F5N7O10S. The number of carboxylic acids is 3. The molecule has 1 heterocycles. The van der Waals surface area contributed by atoms with Crippen molar-refractivity contribution in [2.24, 2.45) is 16.9 Å². The molecule has 0 spiro atoms. The van der Waals surface area contributed by atoms with Crippen molar-refractivity contribution >= 4 is 53.3 Å². The fourth-order valence-electron chi connectivity index (χ4n) is 6.19. The summed E-state index contributed by atoms with van der Waals surface area (Å²) in [5, 5.41) is 31.7. The lowest BCUT2D eigenvalue weighted by Crippen LogP contribution is -2.52. The number of nitrogens with one attached hydrogen (secondary N) is 3. The van der Waals surface area contributed by atoms with E-state index < -0.39 is 94.7 Å². The van der Waals surface area contributed by atoms with Gasteiger partial charge in [-0.1, -0.05) is 51.1 Å². The number of halogens is 5. The monoisotopic (exact) mass is 943 g/mol.